The van der Waals surface area contributed by atoms with Crippen LogP contribution in [-0.2, 0) is 0 Å². The Kier molecular flexibility index (Phi) is 4.02. The third kappa shape index (κ3) is 3.52. The fourth-order valence-electron chi connectivity index (χ4n) is 1.70. The van der Waals surface area contributed by atoms with Gasteiger partial charge in [0.2, 0.25) is 0 Å². The highest BCUT2D eigenvalue weighted by atomic mass is 15.1. The molecule has 0 aliphatic carbocycles. The molecule has 4 nitrogen and oxygen atoms in total. The summed E-state index contributed by atoms with van der Waals surface area (Å²) in [6.45, 7) is 1.95. The van der Waals surface area contributed by atoms with Crippen LogP contribution in [0.2, 0.25) is 0 Å². The third-order valence-electron chi connectivity index (χ3n) is 2.66. The summed E-state index contributed by atoms with van der Waals surface area (Å²) in [6, 6.07) is 10.4. The average molecular weight is 230 g/mol. The molecule has 0 saturated carbocycles. The summed E-state index contributed by atoms with van der Waals surface area (Å²) in [6.07, 6.45) is 4.64. The van der Waals surface area contributed by atoms with E-state index in [0.29, 0.717) is 0 Å². The first-order valence-electron chi connectivity index (χ1n) is 5.86. The fraction of sp³-hybridized carbons (Fsp3) is 0.308. The van der Waals surface area contributed by atoms with Crippen molar-refractivity contribution in [1.82, 2.24) is 9.97 Å². The van der Waals surface area contributed by atoms with Gasteiger partial charge in [-0.3, -0.25) is 0 Å². The Labute approximate surface area is 102 Å². The van der Waals surface area contributed by atoms with E-state index < -0.39 is 0 Å². The van der Waals surface area contributed by atoms with Gasteiger partial charge < -0.3 is 15.2 Å². The van der Waals surface area contributed by atoms with Crippen molar-refractivity contribution in [3.05, 3.63) is 42.7 Å². The van der Waals surface area contributed by atoms with Crippen molar-refractivity contribution in [2.75, 3.05) is 30.4 Å². The molecule has 2 rings (SSSR count). The van der Waals surface area contributed by atoms with Crippen LogP contribution in [-0.4, -0.2) is 30.1 Å². The molecule has 0 radical (unpaired) electrons. The summed E-state index contributed by atoms with van der Waals surface area (Å²) >= 11 is 0. The molecule has 0 bridgehead atoms. The first-order chi connectivity index (χ1) is 8.36. The van der Waals surface area contributed by atoms with E-state index in [0.717, 1.165) is 25.5 Å². The highest BCUT2D eigenvalue weighted by Crippen LogP contribution is 2.10. The average Bonchev–Trinajstić information content (AvgIpc) is 2.88. The second-order valence-electron chi connectivity index (χ2n) is 3.98. The van der Waals surface area contributed by atoms with Crippen LogP contribution >= 0.6 is 0 Å². The van der Waals surface area contributed by atoms with Crippen LogP contribution in [0.25, 0.3) is 0 Å². The van der Waals surface area contributed by atoms with Crippen LogP contribution in [0.15, 0.2) is 42.7 Å². The number of hydrogen-bond acceptors (Lipinski definition) is 3. The Morgan fingerprint density at radius 2 is 2.12 bits per heavy atom. The standard InChI is InChI=1S/C13H18N4/c1-17(12-6-3-2-4-7-12)11-5-8-14-13-15-9-10-16-13/h2-4,6-7,9-10H,5,8,11H2,1H3,(H2,14,15,16). The lowest BCUT2D eigenvalue weighted by atomic mass is 10.3. The topological polar surface area (TPSA) is 44.0 Å². The van der Waals surface area contributed by atoms with Crippen LogP contribution < -0.4 is 10.2 Å². The van der Waals surface area contributed by atoms with E-state index in [1.54, 1.807) is 6.20 Å². The Bertz CT molecular complexity index is 410. The Morgan fingerprint density at radius 1 is 1.29 bits per heavy atom. The van der Waals surface area contributed by atoms with E-state index in [4.69, 9.17) is 0 Å². The van der Waals surface area contributed by atoms with Gasteiger partial charge in [-0.1, -0.05) is 18.2 Å². The highest BCUT2D eigenvalue weighted by Gasteiger charge is 1.99. The maximum atomic E-state index is 4.11. The van der Waals surface area contributed by atoms with E-state index in [9.17, 15) is 0 Å². The molecular weight excluding hydrogens is 212 g/mol. The monoisotopic (exact) mass is 230 g/mol. The molecule has 1 aromatic heterocycles. The molecule has 2 aromatic rings. The Balaban J connectivity index is 1.68. The molecule has 0 unspecified atom stereocenters. The summed E-state index contributed by atoms with van der Waals surface area (Å²) < 4.78 is 0. The predicted octanol–water partition coefficient (Wildman–Crippen LogP) is 2.35. The first-order valence-corrected chi connectivity index (χ1v) is 5.86. The number of para-hydroxylation sites is 1. The van der Waals surface area contributed by atoms with Gasteiger partial charge in [-0.15, -0.1) is 0 Å². The third-order valence-corrected chi connectivity index (χ3v) is 2.66. The number of rotatable bonds is 6. The fourth-order valence-corrected chi connectivity index (χ4v) is 1.70. The zero-order chi connectivity index (χ0) is 11.9. The number of aromatic nitrogens is 2. The number of H-pyrrole nitrogens is 1. The first kappa shape index (κ1) is 11.5. The number of imidazole rings is 1. The molecule has 1 heterocycles. The Hall–Kier alpha value is -1.97. The zero-order valence-electron chi connectivity index (χ0n) is 10.1. The summed E-state index contributed by atoms with van der Waals surface area (Å²) in [5, 5.41) is 3.24. The second kappa shape index (κ2) is 5.94. The number of benzene rings is 1. The molecule has 0 amide bonds. The van der Waals surface area contributed by atoms with Crippen LogP contribution in [0.1, 0.15) is 6.42 Å². The molecule has 90 valence electrons. The lowest BCUT2D eigenvalue weighted by Crippen LogP contribution is -2.20. The smallest absolute Gasteiger partial charge is 0.200 e. The van der Waals surface area contributed by atoms with Crippen molar-refractivity contribution in [1.29, 1.82) is 0 Å². The van der Waals surface area contributed by atoms with E-state index in [2.05, 4.69) is 51.5 Å². The van der Waals surface area contributed by atoms with Crippen LogP contribution in [0.4, 0.5) is 11.6 Å². The quantitative estimate of drug-likeness (QED) is 0.749. The maximum absolute atomic E-state index is 4.11. The van der Waals surface area contributed by atoms with E-state index >= 15 is 0 Å². The molecule has 0 aliphatic heterocycles. The van der Waals surface area contributed by atoms with Gasteiger partial charge in [0, 0.05) is 38.2 Å². The normalized spacial score (nSPS) is 10.2. The van der Waals surface area contributed by atoms with Crippen LogP contribution in [0.3, 0.4) is 0 Å². The number of nitrogens with zero attached hydrogens (tertiary/aromatic N) is 2. The molecule has 17 heavy (non-hydrogen) atoms. The van der Waals surface area contributed by atoms with Gasteiger partial charge in [-0.25, -0.2) is 4.98 Å². The molecule has 2 N–H and O–H groups in total. The Morgan fingerprint density at radius 3 is 2.82 bits per heavy atom. The second-order valence-corrected chi connectivity index (χ2v) is 3.98. The molecule has 0 saturated heterocycles. The van der Waals surface area contributed by atoms with Crippen molar-refractivity contribution < 1.29 is 0 Å². The molecular formula is C13H18N4. The summed E-state index contributed by atoms with van der Waals surface area (Å²) in [7, 11) is 2.11. The molecule has 4 heteroatoms. The largest absolute Gasteiger partial charge is 0.375 e. The van der Waals surface area contributed by atoms with Gasteiger partial charge in [0.1, 0.15) is 0 Å². The highest BCUT2D eigenvalue weighted by molar-refractivity contribution is 5.44. The van der Waals surface area contributed by atoms with Gasteiger partial charge in [0.15, 0.2) is 5.95 Å². The van der Waals surface area contributed by atoms with E-state index in [1.165, 1.54) is 5.69 Å². The maximum Gasteiger partial charge on any atom is 0.200 e. The minimum Gasteiger partial charge on any atom is -0.375 e. The summed E-state index contributed by atoms with van der Waals surface area (Å²) in [5.41, 5.74) is 1.26. The number of nitrogens with one attached hydrogen (secondary N) is 2. The molecule has 0 aliphatic rings. The van der Waals surface area contributed by atoms with Gasteiger partial charge in [0.05, 0.1) is 0 Å². The lowest BCUT2D eigenvalue weighted by molar-refractivity contribution is 0.812. The molecule has 0 fully saturated rings. The lowest BCUT2D eigenvalue weighted by Gasteiger charge is -2.19. The SMILES string of the molecule is CN(CCCNc1ncc[nH]1)c1ccccc1. The van der Waals surface area contributed by atoms with Crippen molar-refractivity contribution in [3.8, 4) is 0 Å². The van der Waals surface area contributed by atoms with Gasteiger partial charge >= 0.3 is 0 Å². The van der Waals surface area contributed by atoms with E-state index in [1.807, 2.05) is 12.3 Å². The van der Waals surface area contributed by atoms with Crippen LogP contribution in [0, 0.1) is 0 Å². The minimum atomic E-state index is 0.840. The zero-order valence-corrected chi connectivity index (χ0v) is 10.1. The van der Waals surface area contributed by atoms with Gasteiger partial charge in [-0.2, -0.15) is 0 Å². The van der Waals surface area contributed by atoms with Crippen molar-refractivity contribution in [2.45, 2.75) is 6.42 Å². The van der Waals surface area contributed by atoms with E-state index in [-0.39, 0.29) is 0 Å². The summed E-state index contributed by atoms with van der Waals surface area (Å²) in [4.78, 5) is 9.39. The summed E-state index contributed by atoms with van der Waals surface area (Å²) in [5.74, 6) is 0.840. The predicted molar refractivity (Wildman–Crippen MR) is 71.4 cm³/mol. The van der Waals surface area contributed by atoms with Crippen molar-refractivity contribution in [3.63, 3.8) is 0 Å². The molecule has 0 atom stereocenters. The molecule has 0 spiro atoms. The van der Waals surface area contributed by atoms with Crippen molar-refractivity contribution >= 4 is 11.6 Å². The molecule has 1 aromatic carbocycles. The van der Waals surface area contributed by atoms with Crippen LogP contribution in [0.5, 0.6) is 0 Å². The van der Waals surface area contributed by atoms with Crippen molar-refractivity contribution in [2.24, 2.45) is 0 Å². The number of aromatic amines is 1. The number of anilines is 2. The number of hydrogen-bond donors (Lipinski definition) is 2. The van der Waals surface area contributed by atoms with Gasteiger partial charge in [-0.05, 0) is 18.6 Å². The van der Waals surface area contributed by atoms with Gasteiger partial charge in [0.25, 0.3) is 0 Å². The minimum absolute atomic E-state index is 0.840.